The number of carbonyl (C=O) groups is 1. The molecule has 0 spiro atoms. The molecule has 0 aliphatic heterocycles. The van der Waals surface area contributed by atoms with Crippen molar-refractivity contribution in [3.05, 3.63) is 31.6 Å². The average Bonchev–Trinajstić information content (AvgIpc) is 3.30. The van der Waals surface area contributed by atoms with E-state index in [4.69, 9.17) is 0 Å². The van der Waals surface area contributed by atoms with E-state index in [-0.39, 0.29) is 17.2 Å². The molecule has 1 aliphatic rings. The summed E-state index contributed by atoms with van der Waals surface area (Å²) in [5.74, 6) is 1.23. The van der Waals surface area contributed by atoms with Crippen LogP contribution < -0.4 is 10.9 Å². The molecule has 0 fully saturated rings. The van der Waals surface area contributed by atoms with Crippen molar-refractivity contribution in [1.82, 2.24) is 20.2 Å². The minimum absolute atomic E-state index is 0.0598. The number of aromatic amines is 1. The van der Waals surface area contributed by atoms with Crippen molar-refractivity contribution in [1.29, 1.82) is 0 Å². The molecule has 7 nitrogen and oxygen atoms in total. The highest BCUT2D eigenvalue weighted by Crippen LogP contribution is 2.34. The summed E-state index contributed by atoms with van der Waals surface area (Å²) in [6, 6.07) is 0. The summed E-state index contributed by atoms with van der Waals surface area (Å²) < 4.78 is 0. The lowest BCUT2D eigenvalue weighted by Crippen LogP contribution is -2.15. The normalized spacial score (nSPS) is 13.3. The molecule has 1 aliphatic carbocycles. The smallest absolute Gasteiger partial charge is 0.259 e. The van der Waals surface area contributed by atoms with Crippen LogP contribution >= 0.6 is 34.4 Å². The van der Waals surface area contributed by atoms with E-state index in [0.29, 0.717) is 16.7 Å². The highest BCUT2D eigenvalue weighted by molar-refractivity contribution is 7.99. The first-order chi connectivity index (χ1) is 12.6. The Morgan fingerprint density at radius 3 is 3.00 bits per heavy atom. The zero-order valence-corrected chi connectivity index (χ0v) is 16.6. The lowest BCUT2D eigenvalue weighted by Gasteiger charge is -2.02. The standard InChI is InChI=1S/C16H17N5O2S3/c1-2-12-20-21-16(26-12)19-11(22)7-24-6-10-17-14(23)13-8-4-3-5-9(8)25-15(13)18-10/h2-7H2,1H3,(H,17,18,23)(H,19,21,22). The topological polar surface area (TPSA) is 101 Å². The van der Waals surface area contributed by atoms with Crippen LogP contribution in [0.4, 0.5) is 5.13 Å². The molecule has 10 heteroatoms. The SMILES string of the molecule is CCc1nnc(NC(=O)CSCc2nc3sc4c(c3c(=O)[nH]2)CCC4)s1. The second-order valence-corrected chi connectivity index (χ2v) is 9.08. The molecular weight excluding hydrogens is 390 g/mol. The van der Waals surface area contributed by atoms with Gasteiger partial charge in [0, 0.05) is 4.88 Å². The lowest BCUT2D eigenvalue weighted by atomic mass is 10.2. The number of hydrogen-bond acceptors (Lipinski definition) is 8. The van der Waals surface area contributed by atoms with E-state index >= 15 is 0 Å². The molecule has 2 N–H and O–H groups in total. The van der Waals surface area contributed by atoms with Gasteiger partial charge in [0.1, 0.15) is 15.7 Å². The molecular formula is C16H17N5O2S3. The largest absolute Gasteiger partial charge is 0.309 e. The molecule has 0 saturated carbocycles. The molecule has 3 aromatic rings. The average molecular weight is 408 g/mol. The van der Waals surface area contributed by atoms with Gasteiger partial charge in [-0.3, -0.25) is 14.9 Å². The van der Waals surface area contributed by atoms with E-state index in [1.165, 1.54) is 33.5 Å². The number of thioether (sulfide) groups is 1. The van der Waals surface area contributed by atoms with E-state index < -0.39 is 0 Å². The van der Waals surface area contributed by atoms with Crippen LogP contribution in [0, 0.1) is 0 Å². The maximum Gasteiger partial charge on any atom is 0.259 e. The van der Waals surface area contributed by atoms with E-state index in [2.05, 4.69) is 25.5 Å². The lowest BCUT2D eigenvalue weighted by molar-refractivity contribution is -0.113. The van der Waals surface area contributed by atoms with Gasteiger partial charge >= 0.3 is 0 Å². The van der Waals surface area contributed by atoms with Gasteiger partial charge in [0.05, 0.1) is 16.9 Å². The van der Waals surface area contributed by atoms with Crippen LogP contribution in [-0.2, 0) is 29.8 Å². The molecule has 3 aromatic heterocycles. The number of nitrogens with zero attached hydrogens (tertiary/aromatic N) is 3. The summed E-state index contributed by atoms with van der Waals surface area (Å²) in [6.07, 6.45) is 3.94. The minimum Gasteiger partial charge on any atom is -0.309 e. The zero-order chi connectivity index (χ0) is 18.1. The number of aryl methyl sites for hydroxylation is 3. The predicted molar refractivity (Wildman–Crippen MR) is 106 cm³/mol. The molecule has 3 heterocycles. The van der Waals surface area contributed by atoms with Crippen LogP contribution in [-0.4, -0.2) is 31.8 Å². The van der Waals surface area contributed by atoms with E-state index in [1.54, 1.807) is 11.3 Å². The summed E-state index contributed by atoms with van der Waals surface area (Å²) in [7, 11) is 0. The number of carbonyl (C=O) groups excluding carboxylic acids is 1. The number of anilines is 1. The summed E-state index contributed by atoms with van der Waals surface area (Å²) in [6.45, 7) is 1.99. The second kappa shape index (κ2) is 7.45. The second-order valence-electron chi connectivity index (χ2n) is 5.95. The van der Waals surface area contributed by atoms with Crippen LogP contribution in [0.2, 0.25) is 0 Å². The Morgan fingerprint density at radius 2 is 2.19 bits per heavy atom. The first kappa shape index (κ1) is 17.6. The van der Waals surface area contributed by atoms with Gasteiger partial charge in [-0.15, -0.1) is 33.3 Å². The number of aromatic nitrogens is 4. The highest BCUT2D eigenvalue weighted by atomic mass is 32.2. The van der Waals surface area contributed by atoms with E-state index in [9.17, 15) is 9.59 Å². The van der Waals surface area contributed by atoms with Crippen molar-refractivity contribution in [3.8, 4) is 0 Å². The molecule has 0 radical (unpaired) electrons. The van der Waals surface area contributed by atoms with Crippen molar-refractivity contribution < 1.29 is 4.79 Å². The molecule has 0 unspecified atom stereocenters. The van der Waals surface area contributed by atoms with Crippen LogP contribution in [0.15, 0.2) is 4.79 Å². The van der Waals surface area contributed by atoms with Gasteiger partial charge in [0.25, 0.3) is 5.56 Å². The Labute approximate surface area is 161 Å². The first-order valence-electron chi connectivity index (χ1n) is 8.37. The quantitative estimate of drug-likeness (QED) is 0.652. The fourth-order valence-corrected chi connectivity index (χ4v) is 5.62. The van der Waals surface area contributed by atoms with Crippen LogP contribution in [0.3, 0.4) is 0 Å². The number of rotatable bonds is 6. The number of fused-ring (bicyclic) bond motifs is 3. The van der Waals surface area contributed by atoms with Gasteiger partial charge in [-0.1, -0.05) is 18.3 Å². The number of hydrogen-bond donors (Lipinski definition) is 2. The minimum atomic E-state index is -0.132. The van der Waals surface area contributed by atoms with Gasteiger partial charge in [0.15, 0.2) is 0 Å². The fourth-order valence-electron chi connectivity index (χ4n) is 2.96. The van der Waals surface area contributed by atoms with Crippen molar-refractivity contribution >= 4 is 55.7 Å². The first-order valence-corrected chi connectivity index (χ1v) is 11.2. The predicted octanol–water partition coefficient (Wildman–Crippen LogP) is 2.76. The maximum absolute atomic E-state index is 12.4. The Kier molecular flexibility index (Phi) is 5.05. The molecule has 0 aromatic carbocycles. The third-order valence-electron chi connectivity index (χ3n) is 4.11. The van der Waals surface area contributed by atoms with Crippen LogP contribution in [0.1, 0.15) is 34.6 Å². The van der Waals surface area contributed by atoms with Gasteiger partial charge in [0.2, 0.25) is 11.0 Å². The zero-order valence-electron chi connectivity index (χ0n) is 14.1. The summed E-state index contributed by atoms with van der Waals surface area (Å²) in [4.78, 5) is 34.0. The Balaban J connectivity index is 1.37. The monoisotopic (exact) mass is 407 g/mol. The van der Waals surface area contributed by atoms with Crippen LogP contribution in [0.25, 0.3) is 10.2 Å². The molecule has 0 atom stereocenters. The molecule has 0 bridgehead atoms. The molecule has 1 amide bonds. The summed E-state index contributed by atoms with van der Waals surface area (Å²) >= 11 is 4.42. The summed E-state index contributed by atoms with van der Waals surface area (Å²) in [5, 5.41) is 12.8. The molecule has 4 rings (SSSR count). The van der Waals surface area contributed by atoms with Gasteiger partial charge < -0.3 is 4.98 Å². The van der Waals surface area contributed by atoms with Crippen molar-refractivity contribution in [2.24, 2.45) is 0 Å². The van der Waals surface area contributed by atoms with Gasteiger partial charge in [-0.05, 0) is 31.2 Å². The Morgan fingerprint density at radius 1 is 1.31 bits per heavy atom. The highest BCUT2D eigenvalue weighted by Gasteiger charge is 2.21. The maximum atomic E-state index is 12.4. The number of amides is 1. The fraction of sp³-hybridized carbons (Fsp3) is 0.438. The third kappa shape index (κ3) is 3.53. The number of nitrogens with one attached hydrogen (secondary N) is 2. The number of thiophene rings is 1. The number of H-pyrrole nitrogens is 1. The van der Waals surface area contributed by atoms with Gasteiger partial charge in [-0.2, -0.15) is 0 Å². The van der Waals surface area contributed by atoms with Crippen molar-refractivity contribution in [2.45, 2.75) is 38.4 Å². The molecule has 26 heavy (non-hydrogen) atoms. The van der Waals surface area contributed by atoms with E-state index in [1.807, 2.05) is 6.92 Å². The molecule has 0 saturated heterocycles. The Hall–Kier alpha value is -1.78. The van der Waals surface area contributed by atoms with Crippen molar-refractivity contribution in [3.63, 3.8) is 0 Å². The third-order valence-corrected chi connectivity index (χ3v) is 7.22. The van der Waals surface area contributed by atoms with Crippen molar-refractivity contribution in [2.75, 3.05) is 11.1 Å². The van der Waals surface area contributed by atoms with E-state index in [0.717, 1.165) is 40.9 Å². The summed E-state index contributed by atoms with van der Waals surface area (Å²) in [5.41, 5.74) is 1.12. The Bertz CT molecular complexity index is 1020. The van der Waals surface area contributed by atoms with Crippen LogP contribution in [0.5, 0.6) is 0 Å². The van der Waals surface area contributed by atoms with Gasteiger partial charge in [-0.25, -0.2) is 4.98 Å². The molecule has 136 valence electrons.